The van der Waals surface area contributed by atoms with Crippen molar-refractivity contribution >= 4 is 17.5 Å². The molecule has 0 unspecified atom stereocenters. The number of benzene rings is 1. The maximum atomic E-state index is 4.57. The fraction of sp³-hybridized carbons (Fsp3) is 0.444. The van der Waals surface area contributed by atoms with Gasteiger partial charge in [0.25, 0.3) is 0 Å². The number of aromatic nitrogens is 2. The van der Waals surface area contributed by atoms with Crippen LogP contribution in [0.2, 0.25) is 0 Å². The minimum atomic E-state index is 0.643. The van der Waals surface area contributed by atoms with Crippen molar-refractivity contribution in [1.82, 2.24) is 9.97 Å². The van der Waals surface area contributed by atoms with Crippen LogP contribution in [0.3, 0.4) is 0 Å². The summed E-state index contributed by atoms with van der Waals surface area (Å²) in [4.78, 5) is 9.07. The first-order valence-corrected chi connectivity index (χ1v) is 7.88. The first-order valence-electron chi connectivity index (χ1n) is 7.88. The highest BCUT2D eigenvalue weighted by molar-refractivity contribution is 5.63. The second-order valence-electron chi connectivity index (χ2n) is 6.22. The van der Waals surface area contributed by atoms with Gasteiger partial charge >= 0.3 is 0 Å². The van der Waals surface area contributed by atoms with Crippen molar-refractivity contribution in [1.29, 1.82) is 0 Å². The Balaban J connectivity index is 2.16. The van der Waals surface area contributed by atoms with Gasteiger partial charge in [-0.2, -0.15) is 4.98 Å². The highest BCUT2D eigenvalue weighted by Gasteiger charge is 2.07. The van der Waals surface area contributed by atoms with Crippen LogP contribution in [0.1, 0.15) is 37.1 Å². The summed E-state index contributed by atoms with van der Waals surface area (Å²) in [7, 11) is 0. The van der Waals surface area contributed by atoms with E-state index >= 15 is 0 Å². The SMILES string of the molecule is Cc1cc(NCCC(C)C)nc(Nc2c(C)cccc2C)n1. The first kappa shape index (κ1) is 16.3. The van der Waals surface area contributed by atoms with Crippen molar-refractivity contribution in [2.45, 2.75) is 41.0 Å². The molecule has 0 radical (unpaired) electrons. The van der Waals surface area contributed by atoms with Crippen LogP contribution >= 0.6 is 0 Å². The number of rotatable bonds is 6. The number of nitrogens with zero attached hydrogens (tertiary/aromatic N) is 2. The zero-order chi connectivity index (χ0) is 16.1. The third kappa shape index (κ3) is 4.45. The Bertz CT molecular complexity index is 615. The van der Waals surface area contributed by atoms with Crippen molar-refractivity contribution in [3.63, 3.8) is 0 Å². The maximum Gasteiger partial charge on any atom is 0.229 e. The van der Waals surface area contributed by atoms with Crippen molar-refractivity contribution in [3.8, 4) is 0 Å². The van der Waals surface area contributed by atoms with Gasteiger partial charge in [0.1, 0.15) is 5.82 Å². The number of hydrogen-bond acceptors (Lipinski definition) is 4. The summed E-state index contributed by atoms with van der Waals surface area (Å²) in [5.41, 5.74) is 4.43. The lowest BCUT2D eigenvalue weighted by Gasteiger charge is -2.13. The van der Waals surface area contributed by atoms with Crippen LogP contribution < -0.4 is 10.6 Å². The lowest BCUT2D eigenvalue weighted by molar-refractivity contribution is 0.606. The standard InChI is InChI=1S/C18H26N4/c1-12(2)9-10-19-16-11-15(5)20-18(21-16)22-17-13(3)7-6-8-14(17)4/h6-8,11-12H,9-10H2,1-5H3,(H2,19,20,21,22). The van der Waals surface area contributed by atoms with Crippen LogP contribution in [-0.4, -0.2) is 16.5 Å². The quantitative estimate of drug-likeness (QED) is 0.818. The molecule has 0 atom stereocenters. The number of aryl methyl sites for hydroxylation is 3. The smallest absolute Gasteiger partial charge is 0.229 e. The molecule has 0 aliphatic heterocycles. The van der Waals surface area contributed by atoms with Gasteiger partial charge in [-0.05, 0) is 44.2 Å². The van der Waals surface area contributed by atoms with Gasteiger partial charge in [0.05, 0.1) is 0 Å². The second kappa shape index (κ2) is 7.25. The molecule has 0 saturated carbocycles. The van der Waals surface area contributed by atoms with Gasteiger partial charge in [-0.25, -0.2) is 4.98 Å². The van der Waals surface area contributed by atoms with Crippen LogP contribution in [-0.2, 0) is 0 Å². The molecule has 2 rings (SSSR count). The lowest BCUT2D eigenvalue weighted by Crippen LogP contribution is -2.09. The topological polar surface area (TPSA) is 49.8 Å². The summed E-state index contributed by atoms with van der Waals surface area (Å²) in [6.45, 7) is 11.5. The molecular weight excluding hydrogens is 272 g/mol. The van der Waals surface area contributed by atoms with E-state index in [-0.39, 0.29) is 0 Å². The van der Waals surface area contributed by atoms with Gasteiger partial charge in [-0.3, -0.25) is 0 Å². The normalized spacial score (nSPS) is 10.8. The average Bonchev–Trinajstić information content (AvgIpc) is 2.42. The van der Waals surface area contributed by atoms with Crippen LogP contribution in [0.5, 0.6) is 0 Å². The Morgan fingerprint density at radius 3 is 2.36 bits per heavy atom. The molecule has 0 spiro atoms. The van der Waals surface area contributed by atoms with E-state index in [1.165, 1.54) is 11.1 Å². The van der Waals surface area contributed by atoms with E-state index in [9.17, 15) is 0 Å². The zero-order valence-corrected chi connectivity index (χ0v) is 14.2. The summed E-state index contributed by atoms with van der Waals surface area (Å²) in [6.07, 6.45) is 1.13. The lowest BCUT2D eigenvalue weighted by atomic mass is 10.1. The molecule has 2 N–H and O–H groups in total. The molecule has 4 heteroatoms. The molecule has 118 valence electrons. The monoisotopic (exact) mass is 298 g/mol. The van der Waals surface area contributed by atoms with Crippen molar-refractivity contribution < 1.29 is 0 Å². The summed E-state index contributed by atoms with van der Waals surface area (Å²) in [5.74, 6) is 2.20. The summed E-state index contributed by atoms with van der Waals surface area (Å²) >= 11 is 0. The number of hydrogen-bond donors (Lipinski definition) is 2. The summed E-state index contributed by atoms with van der Waals surface area (Å²) in [5, 5.41) is 6.74. The molecule has 1 heterocycles. The molecule has 22 heavy (non-hydrogen) atoms. The van der Waals surface area contributed by atoms with E-state index in [4.69, 9.17) is 0 Å². The number of anilines is 3. The molecule has 0 bridgehead atoms. The summed E-state index contributed by atoms with van der Waals surface area (Å²) in [6, 6.07) is 8.22. The third-order valence-electron chi connectivity index (χ3n) is 3.60. The van der Waals surface area contributed by atoms with E-state index in [2.05, 4.69) is 66.5 Å². The van der Waals surface area contributed by atoms with Crippen molar-refractivity contribution in [2.24, 2.45) is 5.92 Å². The molecule has 1 aromatic carbocycles. The zero-order valence-electron chi connectivity index (χ0n) is 14.2. The van der Waals surface area contributed by atoms with Gasteiger partial charge in [-0.1, -0.05) is 32.0 Å². The van der Waals surface area contributed by atoms with E-state index in [0.717, 1.165) is 30.2 Å². The molecule has 0 aliphatic carbocycles. The fourth-order valence-corrected chi connectivity index (χ4v) is 2.33. The second-order valence-corrected chi connectivity index (χ2v) is 6.22. The Morgan fingerprint density at radius 2 is 1.73 bits per heavy atom. The van der Waals surface area contributed by atoms with E-state index in [1.807, 2.05) is 13.0 Å². The van der Waals surface area contributed by atoms with Crippen molar-refractivity contribution in [2.75, 3.05) is 17.2 Å². The van der Waals surface area contributed by atoms with E-state index < -0.39 is 0 Å². The van der Waals surface area contributed by atoms with Crippen LogP contribution in [0.15, 0.2) is 24.3 Å². The molecule has 4 nitrogen and oxygen atoms in total. The minimum absolute atomic E-state index is 0.643. The third-order valence-corrected chi connectivity index (χ3v) is 3.60. The largest absolute Gasteiger partial charge is 0.370 e. The predicted molar refractivity (Wildman–Crippen MR) is 93.9 cm³/mol. The van der Waals surface area contributed by atoms with Gasteiger partial charge in [-0.15, -0.1) is 0 Å². The molecular formula is C18H26N4. The van der Waals surface area contributed by atoms with Crippen LogP contribution in [0.4, 0.5) is 17.5 Å². The Labute approximate surface area is 133 Å². The van der Waals surface area contributed by atoms with E-state index in [1.54, 1.807) is 0 Å². The first-order chi connectivity index (χ1) is 10.5. The molecule has 2 aromatic rings. The van der Waals surface area contributed by atoms with Gasteiger partial charge in [0.15, 0.2) is 0 Å². The molecule has 0 amide bonds. The molecule has 1 aromatic heterocycles. The number of para-hydroxylation sites is 1. The van der Waals surface area contributed by atoms with E-state index in [0.29, 0.717) is 11.9 Å². The van der Waals surface area contributed by atoms with Crippen molar-refractivity contribution in [3.05, 3.63) is 41.1 Å². The highest BCUT2D eigenvalue weighted by atomic mass is 15.1. The predicted octanol–water partition coefficient (Wildman–Crippen LogP) is 4.60. The number of nitrogens with one attached hydrogen (secondary N) is 2. The van der Waals surface area contributed by atoms with Crippen LogP contribution in [0.25, 0.3) is 0 Å². The Morgan fingerprint density at radius 1 is 1.05 bits per heavy atom. The van der Waals surface area contributed by atoms with Gasteiger partial charge < -0.3 is 10.6 Å². The van der Waals surface area contributed by atoms with Gasteiger partial charge in [0.2, 0.25) is 5.95 Å². The Hall–Kier alpha value is -2.10. The Kier molecular flexibility index (Phi) is 5.36. The van der Waals surface area contributed by atoms with Crippen LogP contribution in [0, 0.1) is 26.7 Å². The average molecular weight is 298 g/mol. The molecule has 0 aliphatic rings. The molecule has 0 saturated heterocycles. The summed E-state index contributed by atoms with van der Waals surface area (Å²) < 4.78 is 0. The minimum Gasteiger partial charge on any atom is -0.370 e. The molecule has 0 fully saturated rings. The highest BCUT2D eigenvalue weighted by Crippen LogP contribution is 2.23. The maximum absolute atomic E-state index is 4.57. The van der Waals surface area contributed by atoms with Gasteiger partial charge in [0, 0.05) is 24.0 Å². The fourth-order valence-electron chi connectivity index (χ4n) is 2.33.